The van der Waals surface area contributed by atoms with Crippen LogP contribution in [0.25, 0.3) is 11.2 Å². The minimum Gasteiger partial charge on any atom is -0.382 e. The normalized spacial score (nSPS) is 28.5. The molecule has 3 aliphatic rings. The van der Waals surface area contributed by atoms with E-state index in [1.807, 2.05) is 13.8 Å². The van der Waals surface area contributed by atoms with Crippen LogP contribution in [0, 0.1) is 0 Å². The van der Waals surface area contributed by atoms with Gasteiger partial charge in [0.25, 0.3) is 11.8 Å². The molecule has 0 radical (unpaired) electrons. The number of imide groups is 1. The van der Waals surface area contributed by atoms with Crippen molar-refractivity contribution in [1.82, 2.24) is 24.4 Å². The van der Waals surface area contributed by atoms with E-state index in [9.17, 15) is 9.59 Å². The van der Waals surface area contributed by atoms with E-state index in [-0.39, 0.29) is 24.2 Å². The van der Waals surface area contributed by atoms with Crippen LogP contribution in [0.1, 0.15) is 40.8 Å². The zero-order chi connectivity index (χ0) is 22.2. The van der Waals surface area contributed by atoms with Crippen molar-refractivity contribution in [3.8, 4) is 0 Å². The number of ether oxygens (including phenoxy) is 3. The maximum Gasteiger partial charge on any atom is 0.261 e. The lowest BCUT2D eigenvalue weighted by Gasteiger charge is -2.26. The predicted octanol–water partition coefficient (Wildman–Crippen LogP) is 1.12. The number of aromatic nitrogens is 4. The number of fused-ring (bicyclic) bond motifs is 3. The molecule has 2 aromatic heterocycles. The van der Waals surface area contributed by atoms with Crippen molar-refractivity contribution in [3.05, 3.63) is 48.0 Å². The molecule has 2 N–H and O–H groups in total. The molecule has 6 rings (SSSR count). The van der Waals surface area contributed by atoms with E-state index in [0.717, 1.165) is 0 Å². The van der Waals surface area contributed by atoms with Gasteiger partial charge in [-0.05, 0) is 26.0 Å². The molecule has 11 heteroatoms. The number of amides is 2. The molecular formula is C21H20N6O5. The number of carbonyl (C=O) groups is 2. The number of carbonyl (C=O) groups excluding carboxylic acids is 2. The third-order valence-electron chi connectivity index (χ3n) is 6.03. The Morgan fingerprint density at radius 1 is 1.03 bits per heavy atom. The van der Waals surface area contributed by atoms with Crippen LogP contribution in [0.5, 0.6) is 0 Å². The number of hydrogen-bond acceptors (Lipinski definition) is 9. The van der Waals surface area contributed by atoms with Crippen LogP contribution < -0.4 is 5.73 Å². The van der Waals surface area contributed by atoms with E-state index >= 15 is 0 Å². The quantitative estimate of drug-likeness (QED) is 0.599. The molecule has 0 bridgehead atoms. The monoisotopic (exact) mass is 436 g/mol. The highest BCUT2D eigenvalue weighted by Gasteiger charge is 2.57. The second-order valence-electron chi connectivity index (χ2n) is 8.48. The van der Waals surface area contributed by atoms with Gasteiger partial charge in [-0.15, -0.1) is 0 Å². The Bertz CT molecular complexity index is 1240. The predicted molar refractivity (Wildman–Crippen MR) is 109 cm³/mol. The van der Waals surface area contributed by atoms with Gasteiger partial charge in [-0.2, -0.15) is 0 Å². The lowest BCUT2D eigenvalue weighted by atomic mass is 10.1. The molecule has 0 spiro atoms. The molecule has 0 saturated carbocycles. The third-order valence-corrected chi connectivity index (χ3v) is 6.03. The molecule has 2 saturated heterocycles. The van der Waals surface area contributed by atoms with Gasteiger partial charge in [0.1, 0.15) is 30.2 Å². The SMILES string of the molecule is CC1(C)OC2[C@@H](CN3C(=O)c4ccccc4C3=O)O[C@@H](n3cnc4c(N)ncnc43)[C@H]2O1. The molecule has 5 heterocycles. The van der Waals surface area contributed by atoms with Gasteiger partial charge >= 0.3 is 0 Å². The fourth-order valence-electron chi connectivity index (χ4n) is 4.67. The van der Waals surface area contributed by atoms with E-state index in [4.69, 9.17) is 19.9 Å². The molecule has 4 atom stereocenters. The molecular weight excluding hydrogens is 416 g/mol. The van der Waals surface area contributed by atoms with E-state index in [2.05, 4.69) is 15.0 Å². The number of benzene rings is 1. The Morgan fingerprint density at radius 3 is 2.44 bits per heavy atom. The largest absolute Gasteiger partial charge is 0.382 e. The zero-order valence-corrected chi connectivity index (χ0v) is 17.3. The molecule has 11 nitrogen and oxygen atoms in total. The summed E-state index contributed by atoms with van der Waals surface area (Å²) in [6.45, 7) is 3.66. The number of imidazole rings is 1. The lowest BCUT2D eigenvalue weighted by Crippen LogP contribution is -2.42. The molecule has 32 heavy (non-hydrogen) atoms. The van der Waals surface area contributed by atoms with Gasteiger partial charge < -0.3 is 19.9 Å². The molecule has 2 fully saturated rings. The molecule has 2 amide bonds. The summed E-state index contributed by atoms with van der Waals surface area (Å²) in [6.07, 6.45) is 0.673. The van der Waals surface area contributed by atoms with Crippen LogP contribution in [0.2, 0.25) is 0 Å². The smallest absolute Gasteiger partial charge is 0.261 e. The first kappa shape index (κ1) is 19.3. The first-order chi connectivity index (χ1) is 15.3. The molecule has 3 aliphatic heterocycles. The van der Waals surface area contributed by atoms with Crippen molar-refractivity contribution in [2.45, 2.75) is 44.2 Å². The second kappa shape index (κ2) is 6.55. The summed E-state index contributed by atoms with van der Waals surface area (Å²) in [6, 6.07) is 6.77. The average molecular weight is 436 g/mol. The summed E-state index contributed by atoms with van der Waals surface area (Å²) in [4.78, 5) is 39.5. The number of hydrogen-bond donors (Lipinski definition) is 1. The van der Waals surface area contributed by atoms with Crippen LogP contribution in [-0.2, 0) is 14.2 Å². The van der Waals surface area contributed by atoms with Gasteiger partial charge in [0.2, 0.25) is 0 Å². The van der Waals surface area contributed by atoms with E-state index in [1.165, 1.54) is 11.2 Å². The van der Waals surface area contributed by atoms with Gasteiger partial charge in [0.15, 0.2) is 23.5 Å². The highest BCUT2D eigenvalue weighted by atomic mass is 16.8. The van der Waals surface area contributed by atoms with Gasteiger partial charge in [0, 0.05) is 0 Å². The van der Waals surface area contributed by atoms with Gasteiger partial charge in [0.05, 0.1) is 24.0 Å². The Balaban J connectivity index is 1.34. The number of anilines is 1. The van der Waals surface area contributed by atoms with Crippen LogP contribution >= 0.6 is 0 Å². The molecule has 3 aromatic rings. The summed E-state index contributed by atoms with van der Waals surface area (Å²) < 4.78 is 20.3. The summed E-state index contributed by atoms with van der Waals surface area (Å²) in [5.41, 5.74) is 7.65. The Kier molecular flexibility index (Phi) is 3.95. The van der Waals surface area contributed by atoms with Gasteiger partial charge in [-0.3, -0.25) is 19.1 Å². The zero-order valence-electron chi connectivity index (χ0n) is 17.3. The maximum absolute atomic E-state index is 12.9. The lowest BCUT2D eigenvalue weighted by molar-refractivity contribution is -0.196. The van der Waals surface area contributed by atoms with Crippen LogP contribution in [0.4, 0.5) is 5.82 Å². The van der Waals surface area contributed by atoms with Gasteiger partial charge in [-0.1, -0.05) is 12.1 Å². The molecule has 1 unspecified atom stereocenters. The fraction of sp³-hybridized carbons (Fsp3) is 0.381. The minimum absolute atomic E-state index is 0.0349. The number of nitrogens with two attached hydrogens (primary N) is 1. The van der Waals surface area contributed by atoms with E-state index in [1.54, 1.807) is 35.2 Å². The summed E-state index contributed by atoms with van der Waals surface area (Å²) >= 11 is 0. The fourth-order valence-corrected chi connectivity index (χ4v) is 4.67. The second-order valence-corrected chi connectivity index (χ2v) is 8.48. The Labute approximate surface area is 182 Å². The van der Waals surface area contributed by atoms with Crippen LogP contribution in [0.3, 0.4) is 0 Å². The Hall–Kier alpha value is -3.41. The van der Waals surface area contributed by atoms with Crippen molar-refractivity contribution in [3.63, 3.8) is 0 Å². The molecule has 0 aliphatic carbocycles. The van der Waals surface area contributed by atoms with Crippen molar-refractivity contribution >= 4 is 28.8 Å². The first-order valence-electron chi connectivity index (χ1n) is 10.2. The number of nitrogens with zero attached hydrogens (tertiary/aromatic N) is 5. The van der Waals surface area contributed by atoms with Crippen molar-refractivity contribution in [2.75, 3.05) is 12.3 Å². The standard InChI is InChI=1S/C21H20N6O5/c1-21(2)31-14-12(7-26-18(28)10-5-3-4-6-11(10)19(26)29)30-20(15(14)32-21)27-9-25-13-16(22)23-8-24-17(13)27/h3-6,8-9,12,14-15,20H,7H2,1-2H3,(H2,22,23,24)/t12-,14?,15+,20-/m1/s1. The van der Waals surface area contributed by atoms with Crippen molar-refractivity contribution < 1.29 is 23.8 Å². The first-order valence-corrected chi connectivity index (χ1v) is 10.2. The summed E-state index contributed by atoms with van der Waals surface area (Å²) in [7, 11) is 0. The van der Waals surface area contributed by atoms with Crippen LogP contribution in [-0.4, -0.2) is 66.9 Å². The third kappa shape index (κ3) is 2.68. The highest BCUT2D eigenvalue weighted by Crippen LogP contribution is 2.44. The highest BCUT2D eigenvalue weighted by molar-refractivity contribution is 6.21. The summed E-state index contributed by atoms with van der Waals surface area (Å²) in [5.74, 6) is -1.29. The number of rotatable bonds is 3. The van der Waals surface area contributed by atoms with Crippen molar-refractivity contribution in [1.29, 1.82) is 0 Å². The molecule has 164 valence electrons. The topological polar surface area (TPSA) is 135 Å². The van der Waals surface area contributed by atoms with Crippen molar-refractivity contribution in [2.24, 2.45) is 0 Å². The van der Waals surface area contributed by atoms with E-state index < -0.39 is 30.3 Å². The maximum atomic E-state index is 12.9. The van der Waals surface area contributed by atoms with Crippen LogP contribution in [0.15, 0.2) is 36.9 Å². The number of nitrogen functional groups attached to an aromatic ring is 1. The summed E-state index contributed by atoms with van der Waals surface area (Å²) in [5, 5.41) is 0. The average Bonchev–Trinajstić information content (AvgIpc) is 3.47. The van der Waals surface area contributed by atoms with Gasteiger partial charge in [-0.25, -0.2) is 15.0 Å². The molecule has 1 aromatic carbocycles. The minimum atomic E-state index is -0.859. The van der Waals surface area contributed by atoms with E-state index in [0.29, 0.717) is 22.3 Å². The Morgan fingerprint density at radius 2 is 1.72 bits per heavy atom.